The van der Waals surface area contributed by atoms with Crippen LogP contribution in [0.25, 0.3) is 33.1 Å². The number of aromatic nitrogens is 2. The van der Waals surface area contributed by atoms with Gasteiger partial charge in [-0.25, -0.2) is 14.6 Å². The minimum atomic E-state index is -1.89. The molecule has 0 bridgehead atoms. The zero-order valence-corrected chi connectivity index (χ0v) is 22.0. The van der Waals surface area contributed by atoms with Crippen LogP contribution in [0.2, 0.25) is 0 Å². The monoisotopic (exact) mass is 548 g/mol. The fourth-order valence-electron chi connectivity index (χ4n) is 5.83. The molecule has 2 aliphatic heterocycles. The molecule has 2 aromatic heterocycles. The number of aliphatic carboxylic acids is 1. The fraction of sp³-hybridized carbons (Fsp3) is 0.188. The quantitative estimate of drug-likeness (QED) is 0.234. The van der Waals surface area contributed by atoms with E-state index in [0.717, 1.165) is 21.9 Å². The van der Waals surface area contributed by atoms with Crippen molar-refractivity contribution < 1.29 is 28.9 Å². The zero-order valence-electron chi connectivity index (χ0n) is 22.0. The molecular weight excluding hydrogens is 524 g/mol. The highest BCUT2D eigenvalue weighted by Crippen LogP contribution is 2.42. The largest absolute Gasteiger partial charge is 0.477 e. The maximum atomic E-state index is 13.8. The average molecular weight is 549 g/mol. The molecule has 1 unspecified atom stereocenters. The Morgan fingerprint density at radius 3 is 2.61 bits per heavy atom. The molecule has 1 N–H and O–H groups in total. The maximum absolute atomic E-state index is 13.8. The van der Waals surface area contributed by atoms with E-state index in [1.807, 2.05) is 60.7 Å². The van der Waals surface area contributed by atoms with Crippen molar-refractivity contribution in [1.29, 1.82) is 0 Å². The third-order valence-electron chi connectivity index (χ3n) is 7.88. The second-order valence-electron chi connectivity index (χ2n) is 10.1. The van der Waals surface area contributed by atoms with Gasteiger partial charge >= 0.3 is 18.2 Å². The van der Waals surface area contributed by atoms with Crippen molar-refractivity contribution in [3.05, 3.63) is 106 Å². The number of rotatable bonds is 6. The first kappa shape index (κ1) is 25.0. The average Bonchev–Trinajstić information content (AvgIpc) is 3.34. The Bertz CT molecular complexity index is 1960. The topological polar surface area (TPSA) is 117 Å². The van der Waals surface area contributed by atoms with E-state index in [1.54, 1.807) is 29.7 Å². The molecule has 4 heterocycles. The third-order valence-corrected chi connectivity index (χ3v) is 7.88. The van der Waals surface area contributed by atoms with Crippen LogP contribution in [0.15, 0.2) is 83.7 Å². The summed E-state index contributed by atoms with van der Waals surface area (Å²) in [4.78, 5) is 44.5. The van der Waals surface area contributed by atoms with Gasteiger partial charge in [0.1, 0.15) is 12.4 Å². The van der Waals surface area contributed by atoms with Gasteiger partial charge in [-0.05, 0) is 36.1 Å². The molecule has 7 rings (SSSR count). The molecule has 2 atom stereocenters. The number of carbonyl (C=O) groups excluding carboxylic acids is 1. The molecule has 0 aliphatic carbocycles. The Morgan fingerprint density at radius 1 is 1.05 bits per heavy atom. The van der Waals surface area contributed by atoms with Gasteiger partial charge in [0, 0.05) is 21.9 Å². The van der Waals surface area contributed by atoms with Gasteiger partial charge in [0.05, 0.1) is 29.0 Å². The van der Waals surface area contributed by atoms with Crippen LogP contribution >= 0.6 is 0 Å². The summed E-state index contributed by atoms with van der Waals surface area (Å²) in [6, 6.07) is 24.0. The van der Waals surface area contributed by atoms with Crippen molar-refractivity contribution in [1.82, 2.24) is 9.55 Å². The highest BCUT2D eigenvalue weighted by Gasteiger charge is 2.51. The molecule has 0 fully saturated rings. The molecule has 3 aromatic carbocycles. The Labute approximate surface area is 233 Å². The Kier molecular flexibility index (Phi) is 5.65. The Morgan fingerprint density at radius 2 is 1.80 bits per heavy atom. The summed E-state index contributed by atoms with van der Waals surface area (Å²) in [6.07, 6.45) is -1.87. The number of para-hydroxylation sites is 1. The summed E-state index contributed by atoms with van der Waals surface area (Å²) in [5, 5.41) is 12.6. The number of esters is 1. The van der Waals surface area contributed by atoms with Gasteiger partial charge in [-0.3, -0.25) is 4.79 Å². The van der Waals surface area contributed by atoms with E-state index in [-0.39, 0.29) is 35.5 Å². The van der Waals surface area contributed by atoms with Crippen LogP contribution in [0.4, 0.5) is 0 Å². The van der Waals surface area contributed by atoms with Crippen molar-refractivity contribution in [2.75, 3.05) is 0 Å². The van der Waals surface area contributed by atoms with E-state index < -0.39 is 23.8 Å². The van der Waals surface area contributed by atoms with Crippen molar-refractivity contribution in [2.24, 2.45) is 0 Å². The number of carbonyl (C=O) groups is 2. The predicted octanol–water partition coefficient (Wildman–Crippen LogP) is 4.75. The maximum Gasteiger partial charge on any atom is 0.373 e. The molecule has 2 aliphatic rings. The predicted molar refractivity (Wildman–Crippen MR) is 149 cm³/mol. The van der Waals surface area contributed by atoms with Gasteiger partial charge in [-0.1, -0.05) is 61.5 Å². The van der Waals surface area contributed by atoms with Crippen molar-refractivity contribution in [3.8, 4) is 17.1 Å². The number of hydrogen-bond acceptors (Lipinski definition) is 7. The van der Waals surface area contributed by atoms with Gasteiger partial charge < -0.3 is 23.9 Å². The van der Waals surface area contributed by atoms with Crippen LogP contribution in [0, 0.1) is 0 Å². The fourth-order valence-corrected chi connectivity index (χ4v) is 5.83. The van der Waals surface area contributed by atoms with Crippen LogP contribution in [-0.2, 0) is 37.8 Å². The molecule has 41 heavy (non-hydrogen) atoms. The van der Waals surface area contributed by atoms with E-state index in [0.29, 0.717) is 23.3 Å². The lowest BCUT2D eigenvalue weighted by molar-refractivity contribution is -0.220. The van der Waals surface area contributed by atoms with Crippen LogP contribution in [0.1, 0.15) is 30.0 Å². The first-order chi connectivity index (χ1) is 19.9. The minimum absolute atomic E-state index is 0.00239. The lowest BCUT2D eigenvalue weighted by Gasteiger charge is -2.37. The van der Waals surface area contributed by atoms with Crippen LogP contribution in [-0.4, -0.2) is 32.9 Å². The molecule has 204 valence electrons. The van der Waals surface area contributed by atoms with Gasteiger partial charge in [-0.15, -0.1) is 0 Å². The Hall–Kier alpha value is -5.02. The van der Waals surface area contributed by atoms with E-state index in [9.17, 15) is 19.5 Å². The molecule has 0 saturated carbocycles. The van der Waals surface area contributed by atoms with E-state index in [1.165, 1.54) is 0 Å². The number of cyclic esters (lactones) is 1. The second kappa shape index (κ2) is 9.28. The summed E-state index contributed by atoms with van der Waals surface area (Å²) in [6.45, 7) is 1.76. The number of benzene rings is 3. The number of carboxylic acid groups (broad SMARTS) is 1. The number of nitrogens with zero attached hydrogens (tertiary/aromatic N) is 2. The lowest BCUT2D eigenvalue weighted by atomic mass is 9.85. The van der Waals surface area contributed by atoms with Crippen molar-refractivity contribution in [2.45, 2.75) is 38.4 Å². The molecule has 0 radical (unpaired) electrons. The van der Waals surface area contributed by atoms with E-state index in [2.05, 4.69) is 0 Å². The summed E-state index contributed by atoms with van der Waals surface area (Å²) < 4.78 is 19.0. The number of hydrogen-bond donors (Lipinski definition) is 1. The van der Waals surface area contributed by atoms with Gasteiger partial charge in [-0.2, -0.15) is 0 Å². The molecule has 9 heteroatoms. The van der Waals surface area contributed by atoms with E-state index >= 15 is 0 Å². The van der Waals surface area contributed by atoms with Gasteiger partial charge in [0.2, 0.25) is 0 Å². The number of pyridine rings is 2. The standard InChI is InChI=1S/C32H24N2O7/c1-2-32(41-30(29(36)37)40-26-13-7-10-18-8-3-5-11-21(18)26)23-15-25-27-20(14-19-9-4-6-12-24(19)33-27)16-34(25)28(35)22(23)17-39-31(32)38/h3-15,30H,2,16-17H2,1H3,(H,36,37)/t30?,32-/m0/s1. The van der Waals surface area contributed by atoms with Crippen LogP contribution < -0.4 is 10.3 Å². The van der Waals surface area contributed by atoms with Crippen LogP contribution in [0.5, 0.6) is 5.75 Å². The van der Waals surface area contributed by atoms with E-state index in [4.69, 9.17) is 19.2 Å². The first-order valence-electron chi connectivity index (χ1n) is 13.3. The SMILES string of the molecule is CC[C@@]1(OC(Oc2cccc3ccccc23)C(=O)O)C(=O)OCc2c1cc1n(c2=O)Cc2cc3ccccc3nc2-1. The molecule has 5 aromatic rings. The van der Waals surface area contributed by atoms with Gasteiger partial charge in [0.25, 0.3) is 5.56 Å². The molecule has 9 nitrogen and oxygen atoms in total. The summed E-state index contributed by atoms with van der Waals surface area (Å²) in [5.41, 5.74) is 1.09. The zero-order chi connectivity index (χ0) is 28.3. The molecule has 0 amide bonds. The van der Waals surface area contributed by atoms with Crippen LogP contribution in [0.3, 0.4) is 0 Å². The Balaban J connectivity index is 1.35. The summed E-state index contributed by atoms with van der Waals surface area (Å²) in [7, 11) is 0. The smallest absolute Gasteiger partial charge is 0.373 e. The third kappa shape index (κ3) is 3.81. The normalized spacial score (nSPS) is 17.9. The number of ether oxygens (including phenoxy) is 3. The molecule has 0 saturated heterocycles. The molecule has 0 spiro atoms. The van der Waals surface area contributed by atoms with Crippen molar-refractivity contribution >= 4 is 33.6 Å². The highest BCUT2D eigenvalue weighted by molar-refractivity contribution is 5.89. The lowest BCUT2D eigenvalue weighted by Crippen LogP contribution is -2.50. The minimum Gasteiger partial charge on any atom is -0.477 e. The summed E-state index contributed by atoms with van der Waals surface area (Å²) in [5.74, 6) is -1.93. The number of fused-ring (bicyclic) bond motifs is 6. The molecular formula is C32H24N2O7. The second-order valence-corrected chi connectivity index (χ2v) is 10.1. The number of carboxylic acids is 1. The van der Waals surface area contributed by atoms with Gasteiger partial charge in [0.15, 0.2) is 5.60 Å². The first-order valence-corrected chi connectivity index (χ1v) is 13.3. The summed E-state index contributed by atoms with van der Waals surface area (Å²) >= 11 is 0. The van der Waals surface area contributed by atoms with Crippen molar-refractivity contribution in [3.63, 3.8) is 0 Å². The highest BCUT2D eigenvalue weighted by atomic mass is 16.7.